The topological polar surface area (TPSA) is 9.23 Å². The van der Waals surface area contributed by atoms with E-state index in [-0.39, 0.29) is 5.60 Å². The molecule has 0 radical (unpaired) electrons. The van der Waals surface area contributed by atoms with Gasteiger partial charge in [0.1, 0.15) is 0 Å². The van der Waals surface area contributed by atoms with Crippen molar-refractivity contribution >= 4 is 0 Å². The van der Waals surface area contributed by atoms with E-state index in [0.29, 0.717) is 0 Å². The molecular weight excluding hydrogens is 172 g/mol. The van der Waals surface area contributed by atoms with Crippen LogP contribution in [0.25, 0.3) is 0 Å². The van der Waals surface area contributed by atoms with Crippen molar-refractivity contribution in [3.05, 3.63) is 35.9 Å². The van der Waals surface area contributed by atoms with E-state index in [2.05, 4.69) is 39.8 Å². The van der Waals surface area contributed by atoms with E-state index < -0.39 is 0 Å². The van der Waals surface area contributed by atoms with Crippen LogP contribution in [0.5, 0.6) is 0 Å². The van der Waals surface area contributed by atoms with Gasteiger partial charge in [-0.15, -0.1) is 0 Å². The Morgan fingerprint density at radius 3 is 1.86 bits per heavy atom. The van der Waals surface area contributed by atoms with Gasteiger partial charge in [0.15, 0.2) is 0 Å². The predicted molar refractivity (Wildman–Crippen MR) is 62.4 cm³/mol. The maximum Gasteiger partial charge on any atom is 0.0871 e. The molecule has 0 saturated heterocycles. The summed E-state index contributed by atoms with van der Waals surface area (Å²) >= 11 is 0. The minimum Gasteiger partial charge on any atom is -0.374 e. The number of hydrogen-bond donors (Lipinski definition) is 0. The van der Waals surface area contributed by atoms with Gasteiger partial charge in [-0.05, 0) is 19.4 Å². The molecule has 0 N–H and O–H groups in total. The minimum atomic E-state index is -0.165. The van der Waals surface area contributed by atoms with E-state index >= 15 is 0 Å². The van der Waals surface area contributed by atoms with Crippen molar-refractivity contribution < 1.29 is 4.74 Å². The van der Waals surface area contributed by atoms with E-state index in [9.17, 15) is 0 Å². The lowest BCUT2D eigenvalue weighted by atomic mass is 9.98. The molecule has 0 fully saturated rings. The van der Waals surface area contributed by atoms with E-state index in [4.69, 9.17) is 4.74 Å². The molecule has 0 aromatic heterocycles. The lowest BCUT2D eigenvalue weighted by Gasteiger charge is -2.22. The SMILES string of the molecule is CCC.COC(C)(C)c1ccccc1. The molecule has 0 saturated carbocycles. The van der Waals surface area contributed by atoms with Gasteiger partial charge in [-0.1, -0.05) is 50.6 Å². The summed E-state index contributed by atoms with van der Waals surface area (Å²) in [5.74, 6) is 0. The van der Waals surface area contributed by atoms with Crippen LogP contribution < -0.4 is 0 Å². The number of rotatable bonds is 2. The lowest BCUT2D eigenvalue weighted by Crippen LogP contribution is -2.18. The Kier molecular flexibility index (Phi) is 6.22. The van der Waals surface area contributed by atoms with E-state index in [1.807, 2.05) is 18.2 Å². The Morgan fingerprint density at radius 1 is 1.07 bits per heavy atom. The van der Waals surface area contributed by atoms with Gasteiger partial charge in [0.2, 0.25) is 0 Å². The maximum atomic E-state index is 5.32. The van der Waals surface area contributed by atoms with Crippen LogP contribution in [-0.4, -0.2) is 7.11 Å². The highest BCUT2D eigenvalue weighted by molar-refractivity contribution is 5.20. The molecule has 0 unspecified atom stereocenters. The smallest absolute Gasteiger partial charge is 0.0871 e. The van der Waals surface area contributed by atoms with Crippen LogP contribution >= 0.6 is 0 Å². The first-order valence-electron chi connectivity index (χ1n) is 5.19. The van der Waals surface area contributed by atoms with E-state index in [1.165, 1.54) is 12.0 Å². The molecule has 0 spiro atoms. The summed E-state index contributed by atoms with van der Waals surface area (Å²) in [7, 11) is 1.73. The Hall–Kier alpha value is -0.820. The molecule has 1 aromatic carbocycles. The average Bonchev–Trinajstić information content (AvgIpc) is 2.20. The fourth-order valence-electron chi connectivity index (χ4n) is 0.957. The van der Waals surface area contributed by atoms with Crippen LogP contribution in [0.4, 0.5) is 0 Å². The quantitative estimate of drug-likeness (QED) is 0.692. The van der Waals surface area contributed by atoms with Gasteiger partial charge in [0.25, 0.3) is 0 Å². The fourth-order valence-corrected chi connectivity index (χ4v) is 0.957. The number of methoxy groups -OCH3 is 1. The van der Waals surface area contributed by atoms with Crippen molar-refractivity contribution in [1.82, 2.24) is 0 Å². The molecule has 0 bridgehead atoms. The minimum absolute atomic E-state index is 0.165. The highest BCUT2D eigenvalue weighted by Crippen LogP contribution is 2.22. The maximum absolute atomic E-state index is 5.32. The highest BCUT2D eigenvalue weighted by atomic mass is 16.5. The van der Waals surface area contributed by atoms with Crippen molar-refractivity contribution in [2.24, 2.45) is 0 Å². The summed E-state index contributed by atoms with van der Waals surface area (Å²) in [6, 6.07) is 10.2. The number of benzene rings is 1. The molecule has 80 valence electrons. The van der Waals surface area contributed by atoms with Crippen molar-refractivity contribution in [3.63, 3.8) is 0 Å². The van der Waals surface area contributed by atoms with Gasteiger partial charge < -0.3 is 4.74 Å². The molecule has 0 amide bonds. The molecule has 0 aliphatic rings. The molecule has 14 heavy (non-hydrogen) atoms. The zero-order valence-corrected chi connectivity index (χ0v) is 10.0. The molecule has 0 atom stereocenters. The Morgan fingerprint density at radius 2 is 1.50 bits per heavy atom. The van der Waals surface area contributed by atoms with Gasteiger partial charge in [0, 0.05) is 7.11 Å². The van der Waals surface area contributed by atoms with Gasteiger partial charge in [0.05, 0.1) is 5.60 Å². The Balaban J connectivity index is 0.000000500. The summed E-state index contributed by atoms with van der Waals surface area (Å²) in [5, 5.41) is 0. The third kappa shape index (κ3) is 4.43. The number of ether oxygens (including phenoxy) is 1. The average molecular weight is 194 g/mol. The molecule has 1 aromatic rings. The molecule has 1 nitrogen and oxygen atoms in total. The van der Waals surface area contributed by atoms with Crippen LogP contribution in [0.15, 0.2) is 30.3 Å². The second kappa shape index (κ2) is 6.61. The summed E-state index contributed by atoms with van der Waals surface area (Å²) < 4.78 is 5.32. The predicted octanol–water partition coefficient (Wildman–Crippen LogP) is 3.98. The van der Waals surface area contributed by atoms with Crippen molar-refractivity contribution in [2.75, 3.05) is 7.11 Å². The summed E-state index contributed by atoms with van der Waals surface area (Å²) in [5.41, 5.74) is 1.05. The fraction of sp³-hybridized carbons (Fsp3) is 0.538. The molecule has 1 heteroatoms. The van der Waals surface area contributed by atoms with Gasteiger partial charge >= 0.3 is 0 Å². The van der Waals surface area contributed by atoms with Crippen LogP contribution in [0.2, 0.25) is 0 Å². The van der Waals surface area contributed by atoms with Gasteiger partial charge in [-0.25, -0.2) is 0 Å². The molecule has 1 rings (SSSR count). The molecule has 0 aliphatic carbocycles. The highest BCUT2D eigenvalue weighted by Gasteiger charge is 2.17. The second-order valence-corrected chi connectivity index (χ2v) is 3.79. The van der Waals surface area contributed by atoms with Gasteiger partial charge in [-0.3, -0.25) is 0 Å². The van der Waals surface area contributed by atoms with Crippen LogP contribution in [-0.2, 0) is 10.3 Å². The van der Waals surface area contributed by atoms with E-state index in [1.54, 1.807) is 7.11 Å². The summed E-state index contributed by atoms with van der Waals surface area (Å²) in [6.45, 7) is 8.37. The molecule has 0 aliphatic heterocycles. The largest absolute Gasteiger partial charge is 0.374 e. The van der Waals surface area contributed by atoms with Gasteiger partial charge in [-0.2, -0.15) is 0 Å². The van der Waals surface area contributed by atoms with Crippen LogP contribution in [0, 0.1) is 0 Å². The monoisotopic (exact) mass is 194 g/mol. The first-order chi connectivity index (χ1) is 6.58. The first-order valence-corrected chi connectivity index (χ1v) is 5.19. The Bertz CT molecular complexity index is 226. The number of hydrogen-bond acceptors (Lipinski definition) is 1. The zero-order valence-electron chi connectivity index (χ0n) is 10.0. The van der Waals surface area contributed by atoms with Crippen LogP contribution in [0.1, 0.15) is 39.7 Å². The normalized spacial score (nSPS) is 10.4. The van der Waals surface area contributed by atoms with Crippen molar-refractivity contribution in [1.29, 1.82) is 0 Å². The molecule has 0 heterocycles. The molecular formula is C13H22O. The summed E-state index contributed by atoms with van der Waals surface area (Å²) in [6.07, 6.45) is 1.25. The van der Waals surface area contributed by atoms with E-state index in [0.717, 1.165) is 0 Å². The van der Waals surface area contributed by atoms with Crippen molar-refractivity contribution in [2.45, 2.75) is 39.7 Å². The third-order valence-electron chi connectivity index (χ3n) is 1.98. The second-order valence-electron chi connectivity index (χ2n) is 3.79. The summed E-state index contributed by atoms with van der Waals surface area (Å²) in [4.78, 5) is 0. The van der Waals surface area contributed by atoms with Crippen molar-refractivity contribution in [3.8, 4) is 0 Å². The van der Waals surface area contributed by atoms with Crippen LogP contribution in [0.3, 0.4) is 0 Å². The first kappa shape index (κ1) is 13.2. The lowest BCUT2D eigenvalue weighted by molar-refractivity contribution is 0.0192. The standard InChI is InChI=1S/C10H14O.C3H8/c1-10(2,11-3)9-7-5-4-6-8-9;1-3-2/h4-8H,1-3H3;3H2,1-2H3. The zero-order chi connectivity index (χ0) is 11.0. The Labute approximate surface area is 88.1 Å². The third-order valence-corrected chi connectivity index (χ3v) is 1.98.